The number of H-pyrrole nitrogens is 1. The normalized spacial score (nSPS) is 21.0. The van der Waals surface area contributed by atoms with Crippen molar-refractivity contribution in [1.82, 2.24) is 25.4 Å². The first-order valence-corrected chi connectivity index (χ1v) is 10.5. The van der Waals surface area contributed by atoms with E-state index < -0.39 is 0 Å². The number of amides is 1. The van der Waals surface area contributed by atoms with E-state index >= 15 is 0 Å². The molecule has 1 atom stereocenters. The summed E-state index contributed by atoms with van der Waals surface area (Å²) in [6, 6.07) is 6.60. The Morgan fingerprint density at radius 1 is 1.25 bits per heavy atom. The highest BCUT2D eigenvalue weighted by Gasteiger charge is 2.27. The number of nitrogens with zero attached hydrogens (tertiary/aromatic N) is 3. The molecular formula is C21H30N6O. The third-order valence-electron chi connectivity index (χ3n) is 5.99. The van der Waals surface area contributed by atoms with E-state index in [4.69, 9.17) is 0 Å². The first kappa shape index (κ1) is 18.9. The second-order valence-electron chi connectivity index (χ2n) is 7.91. The lowest BCUT2D eigenvalue weighted by Gasteiger charge is -2.35. The molecule has 3 heterocycles. The molecule has 1 aliphatic heterocycles. The Labute approximate surface area is 166 Å². The van der Waals surface area contributed by atoms with E-state index in [9.17, 15) is 4.79 Å². The average Bonchev–Trinajstić information content (AvgIpc) is 3.41. The molecule has 3 N–H and O–H groups in total. The van der Waals surface area contributed by atoms with Gasteiger partial charge in [-0.2, -0.15) is 5.10 Å². The number of nitrogens with one attached hydrogen (secondary N) is 3. The van der Waals surface area contributed by atoms with Gasteiger partial charge in [0.1, 0.15) is 11.5 Å². The molecule has 7 heteroatoms. The number of hydrogen-bond acceptors (Lipinski definition) is 5. The van der Waals surface area contributed by atoms with E-state index in [0.29, 0.717) is 11.7 Å². The Morgan fingerprint density at radius 3 is 2.89 bits per heavy atom. The standard InChI is InChI=1S/C21H30N6O/c1-22-20-15(7-6-11-23-20)14-27-12-5-4-10-19(27)17-13-18(26-25-17)21(28)24-16-8-2-3-9-16/h6-7,11,13,16,19H,2-5,8-10,12,14H2,1H3,(H,22,23)(H,24,28)(H,25,26)/t19-/m0/s1. The van der Waals surface area contributed by atoms with Crippen LogP contribution in [0.15, 0.2) is 24.4 Å². The van der Waals surface area contributed by atoms with Crippen LogP contribution in [0, 0.1) is 0 Å². The van der Waals surface area contributed by atoms with Gasteiger partial charge >= 0.3 is 0 Å². The molecule has 0 bridgehead atoms. The van der Waals surface area contributed by atoms with Crippen LogP contribution in [-0.4, -0.2) is 45.6 Å². The van der Waals surface area contributed by atoms with Gasteiger partial charge in [0.25, 0.3) is 5.91 Å². The summed E-state index contributed by atoms with van der Waals surface area (Å²) in [4.78, 5) is 19.4. The lowest BCUT2D eigenvalue weighted by molar-refractivity contribution is 0.0932. The van der Waals surface area contributed by atoms with E-state index in [-0.39, 0.29) is 11.9 Å². The number of pyridine rings is 1. The summed E-state index contributed by atoms with van der Waals surface area (Å²) in [6.45, 7) is 1.86. The molecule has 0 radical (unpaired) electrons. The highest BCUT2D eigenvalue weighted by Crippen LogP contribution is 2.32. The van der Waals surface area contributed by atoms with Crippen molar-refractivity contribution in [2.24, 2.45) is 0 Å². The maximum Gasteiger partial charge on any atom is 0.271 e. The zero-order valence-electron chi connectivity index (χ0n) is 16.6. The first-order chi connectivity index (χ1) is 13.7. The SMILES string of the molecule is CNc1ncccc1CN1CCCC[C@H]1c1cc(C(=O)NC2CCCC2)n[nH]1. The molecule has 0 aromatic carbocycles. The number of likely N-dealkylation sites (tertiary alicyclic amines) is 1. The van der Waals surface area contributed by atoms with Crippen LogP contribution in [-0.2, 0) is 6.54 Å². The number of piperidine rings is 1. The molecule has 2 aliphatic rings. The molecule has 28 heavy (non-hydrogen) atoms. The number of anilines is 1. The van der Waals surface area contributed by atoms with Gasteiger partial charge < -0.3 is 10.6 Å². The molecule has 1 saturated heterocycles. The van der Waals surface area contributed by atoms with Gasteiger partial charge in [-0.1, -0.05) is 25.3 Å². The summed E-state index contributed by atoms with van der Waals surface area (Å²) in [5, 5.41) is 13.8. The Morgan fingerprint density at radius 2 is 2.07 bits per heavy atom. The van der Waals surface area contributed by atoms with Gasteiger partial charge in [0.05, 0.1) is 11.7 Å². The van der Waals surface area contributed by atoms with Gasteiger partial charge in [-0.3, -0.25) is 14.8 Å². The van der Waals surface area contributed by atoms with Crippen molar-refractivity contribution in [1.29, 1.82) is 0 Å². The van der Waals surface area contributed by atoms with Crippen molar-refractivity contribution < 1.29 is 4.79 Å². The molecule has 4 rings (SSSR count). The van der Waals surface area contributed by atoms with Crippen molar-refractivity contribution in [3.8, 4) is 0 Å². The molecule has 2 fully saturated rings. The summed E-state index contributed by atoms with van der Waals surface area (Å²) >= 11 is 0. The maximum absolute atomic E-state index is 12.5. The number of aromatic amines is 1. The molecule has 1 amide bonds. The lowest BCUT2D eigenvalue weighted by atomic mass is 9.98. The van der Waals surface area contributed by atoms with Crippen molar-refractivity contribution in [2.75, 3.05) is 18.9 Å². The summed E-state index contributed by atoms with van der Waals surface area (Å²) in [5.74, 6) is 0.870. The minimum absolute atomic E-state index is 0.0542. The van der Waals surface area contributed by atoms with Crippen LogP contribution < -0.4 is 10.6 Å². The van der Waals surface area contributed by atoms with Gasteiger partial charge in [-0.05, 0) is 44.4 Å². The van der Waals surface area contributed by atoms with E-state index in [1.54, 1.807) is 0 Å². The van der Waals surface area contributed by atoms with E-state index in [0.717, 1.165) is 43.9 Å². The van der Waals surface area contributed by atoms with Crippen LogP contribution in [0.3, 0.4) is 0 Å². The summed E-state index contributed by atoms with van der Waals surface area (Å²) in [6.07, 6.45) is 9.84. The average molecular weight is 383 g/mol. The fourth-order valence-electron chi connectivity index (χ4n) is 4.50. The third kappa shape index (κ3) is 4.19. The Bertz CT molecular complexity index is 798. The molecule has 1 saturated carbocycles. The predicted molar refractivity (Wildman–Crippen MR) is 109 cm³/mol. The maximum atomic E-state index is 12.5. The second-order valence-corrected chi connectivity index (χ2v) is 7.91. The molecule has 7 nitrogen and oxygen atoms in total. The van der Waals surface area contributed by atoms with Crippen LogP contribution in [0.4, 0.5) is 5.82 Å². The highest BCUT2D eigenvalue weighted by molar-refractivity contribution is 5.92. The lowest BCUT2D eigenvalue weighted by Crippen LogP contribution is -2.33. The fraction of sp³-hybridized carbons (Fsp3) is 0.571. The summed E-state index contributed by atoms with van der Waals surface area (Å²) in [5.41, 5.74) is 2.73. The number of rotatable bonds is 6. The van der Waals surface area contributed by atoms with Crippen LogP contribution in [0.5, 0.6) is 0 Å². The minimum atomic E-state index is -0.0542. The second kappa shape index (κ2) is 8.73. The quantitative estimate of drug-likeness (QED) is 0.714. The van der Waals surface area contributed by atoms with Crippen molar-refractivity contribution in [3.05, 3.63) is 41.3 Å². The van der Waals surface area contributed by atoms with Gasteiger partial charge in [0.15, 0.2) is 0 Å². The van der Waals surface area contributed by atoms with Crippen LogP contribution in [0.2, 0.25) is 0 Å². The van der Waals surface area contributed by atoms with Gasteiger partial charge in [-0.25, -0.2) is 4.98 Å². The summed E-state index contributed by atoms with van der Waals surface area (Å²) in [7, 11) is 1.91. The number of aromatic nitrogens is 3. The molecule has 2 aromatic heterocycles. The molecular weight excluding hydrogens is 352 g/mol. The predicted octanol–water partition coefficient (Wildman–Crippen LogP) is 3.25. The molecule has 1 aliphatic carbocycles. The zero-order chi connectivity index (χ0) is 19.3. The van der Waals surface area contributed by atoms with Gasteiger partial charge in [-0.15, -0.1) is 0 Å². The summed E-state index contributed by atoms with van der Waals surface area (Å²) < 4.78 is 0. The molecule has 2 aromatic rings. The van der Waals surface area contributed by atoms with E-state index in [2.05, 4.69) is 36.8 Å². The van der Waals surface area contributed by atoms with Crippen LogP contribution >= 0.6 is 0 Å². The van der Waals surface area contributed by atoms with Gasteiger partial charge in [0.2, 0.25) is 0 Å². The number of hydrogen-bond donors (Lipinski definition) is 3. The Kier molecular flexibility index (Phi) is 5.90. The molecule has 150 valence electrons. The smallest absolute Gasteiger partial charge is 0.271 e. The van der Waals surface area contributed by atoms with Crippen LogP contribution in [0.1, 0.15) is 72.7 Å². The minimum Gasteiger partial charge on any atom is -0.373 e. The largest absolute Gasteiger partial charge is 0.373 e. The Balaban J connectivity index is 1.47. The highest BCUT2D eigenvalue weighted by atomic mass is 16.2. The molecule has 0 spiro atoms. The van der Waals surface area contributed by atoms with Crippen molar-refractivity contribution >= 4 is 11.7 Å². The zero-order valence-corrected chi connectivity index (χ0v) is 16.6. The third-order valence-corrected chi connectivity index (χ3v) is 5.99. The van der Waals surface area contributed by atoms with Crippen molar-refractivity contribution in [3.63, 3.8) is 0 Å². The Hall–Kier alpha value is -2.41. The fourth-order valence-corrected chi connectivity index (χ4v) is 4.50. The van der Waals surface area contributed by atoms with E-state index in [1.807, 2.05) is 25.4 Å². The number of carbonyl (C=O) groups excluding carboxylic acids is 1. The van der Waals surface area contributed by atoms with Crippen LogP contribution in [0.25, 0.3) is 0 Å². The monoisotopic (exact) mass is 382 g/mol. The van der Waals surface area contributed by atoms with Crippen molar-refractivity contribution in [2.45, 2.75) is 63.6 Å². The number of carbonyl (C=O) groups is 1. The first-order valence-electron chi connectivity index (χ1n) is 10.5. The molecule has 0 unspecified atom stereocenters. The van der Waals surface area contributed by atoms with E-state index in [1.165, 1.54) is 31.2 Å². The topological polar surface area (TPSA) is 85.9 Å². The van der Waals surface area contributed by atoms with Gasteiger partial charge in [0, 0.05) is 31.4 Å².